The number of aryl methyl sites for hydroxylation is 1. The van der Waals surface area contributed by atoms with Crippen LogP contribution < -0.4 is 16.1 Å². The van der Waals surface area contributed by atoms with E-state index in [2.05, 4.69) is 183 Å². The molecule has 0 saturated heterocycles. The minimum atomic E-state index is -0.478. The quantitative estimate of drug-likeness (QED) is 0.143. The number of nitrogens with two attached hydrogens (primary N) is 1. The minimum absolute atomic E-state index is 0.478. The van der Waals surface area contributed by atoms with Gasteiger partial charge in [0.15, 0.2) is 0 Å². The first-order chi connectivity index (χ1) is 26.9. The van der Waals surface area contributed by atoms with Gasteiger partial charge in [0.2, 0.25) is 0 Å². The van der Waals surface area contributed by atoms with E-state index in [0.717, 1.165) is 75.3 Å². The predicted octanol–water partition coefficient (Wildman–Crippen LogP) is 12.2. The third-order valence-electron chi connectivity index (χ3n) is 12.2. The fourth-order valence-electron chi connectivity index (χ4n) is 9.76. The number of hydrogen-bond acceptors (Lipinski definition) is 2. The smallest absolute Gasteiger partial charge is 0.116 e. The van der Waals surface area contributed by atoms with Crippen molar-refractivity contribution in [2.24, 2.45) is 0 Å². The van der Waals surface area contributed by atoms with E-state index in [1.165, 1.54) is 50.1 Å². The van der Waals surface area contributed by atoms with Gasteiger partial charge < -0.3 is 10.6 Å². The van der Waals surface area contributed by atoms with Crippen LogP contribution in [0.5, 0.6) is 0 Å². The molecule has 1 unspecified atom stereocenters. The first-order valence-electron chi connectivity index (χ1n) is 19.4. The molecule has 10 rings (SSSR count). The van der Waals surface area contributed by atoms with Crippen LogP contribution in [-0.4, -0.2) is 7.85 Å². The maximum Gasteiger partial charge on any atom is 0.116 e. The van der Waals surface area contributed by atoms with Crippen molar-refractivity contribution in [3.8, 4) is 33.4 Å². The van der Waals surface area contributed by atoms with Crippen LogP contribution in [0, 0.1) is 6.92 Å². The molecular formula is C52H41BN2. The maximum absolute atomic E-state index is 7.25. The second-order valence-corrected chi connectivity index (χ2v) is 15.4. The number of para-hydroxylation sites is 2. The van der Waals surface area contributed by atoms with Gasteiger partial charge in [-0.2, -0.15) is 0 Å². The molecule has 1 atom stereocenters. The molecule has 2 aliphatic carbocycles. The second kappa shape index (κ2) is 12.9. The lowest BCUT2D eigenvalue weighted by molar-refractivity contribution is 0.676. The summed E-state index contributed by atoms with van der Waals surface area (Å²) in [5.41, 5.74) is 28.6. The van der Waals surface area contributed by atoms with Gasteiger partial charge in [-0.1, -0.05) is 151 Å². The van der Waals surface area contributed by atoms with Crippen LogP contribution in [0.4, 0.5) is 22.7 Å². The third kappa shape index (κ3) is 5.10. The van der Waals surface area contributed by atoms with Gasteiger partial charge in [0.05, 0.1) is 11.4 Å². The molecular weight excluding hydrogens is 663 g/mol. The number of nitrogen functional groups attached to an aromatic ring is 1. The summed E-state index contributed by atoms with van der Waals surface area (Å²) in [6.07, 6.45) is 7.62. The van der Waals surface area contributed by atoms with Gasteiger partial charge in [0, 0.05) is 27.9 Å². The molecule has 1 heterocycles. The first kappa shape index (κ1) is 33.3. The summed E-state index contributed by atoms with van der Waals surface area (Å²) in [5.74, 6) is 0. The van der Waals surface area contributed by atoms with Gasteiger partial charge in [0.1, 0.15) is 7.85 Å². The topological polar surface area (TPSA) is 29.3 Å². The zero-order valence-electron chi connectivity index (χ0n) is 31.3. The molecule has 7 aromatic carbocycles. The molecule has 2 N–H and O–H groups in total. The van der Waals surface area contributed by atoms with Crippen LogP contribution in [0.15, 0.2) is 169 Å². The average Bonchev–Trinajstić information content (AvgIpc) is 3.60. The highest BCUT2D eigenvalue weighted by atomic mass is 15.2. The Labute approximate surface area is 325 Å². The highest BCUT2D eigenvalue weighted by Gasteiger charge is 2.44. The molecule has 0 aromatic heterocycles. The van der Waals surface area contributed by atoms with Crippen LogP contribution >= 0.6 is 0 Å². The zero-order chi connectivity index (χ0) is 37.3. The lowest BCUT2D eigenvalue weighted by Gasteiger charge is -2.47. The maximum atomic E-state index is 7.25. The van der Waals surface area contributed by atoms with Crippen LogP contribution in [-0.2, 0) is 11.8 Å². The molecule has 2 radical (unpaired) electrons. The van der Waals surface area contributed by atoms with Crippen molar-refractivity contribution < 1.29 is 0 Å². The Morgan fingerprint density at radius 3 is 2.15 bits per heavy atom. The first-order valence-corrected chi connectivity index (χ1v) is 19.4. The molecule has 3 aliphatic rings. The molecule has 55 heavy (non-hydrogen) atoms. The van der Waals surface area contributed by atoms with Crippen molar-refractivity contribution in [3.05, 3.63) is 203 Å². The third-order valence-corrected chi connectivity index (χ3v) is 12.2. The SMILES string of the molecule is [B]c1cccc2c1N(c1cc(C)cc(-c3c(N)ccc4c3-c3ccccc3C4)c1-c1ccccc1)c1ccccc1C2(C)C1=C(c2ccccc2)CCC=C1. The fourth-order valence-corrected chi connectivity index (χ4v) is 9.76. The van der Waals surface area contributed by atoms with E-state index in [0.29, 0.717) is 0 Å². The van der Waals surface area contributed by atoms with E-state index in [1.54, 1.807) is 0 Å². The van der Waals surface area contributed by atoms with E-state index < -0.39 is 5.41 Å². The summed E-state index contributed by atoms with van der Waals surface area (Å²) < 4.78 is 0. The predicted molar refractivity (Wildman–Crippen MR) is 233 cm³/mol. The number of benzene rings is 7. The standard InChI is InChI=1S/C52H41BN2/c1-33-30-40(50-45(54)29-28-37-32-36-20-9-10-22-39(36)49(37)50)48(35-18-7-4-8-19-35)47(31-33)55-46-27-14-13-24-42(46)52(2,43-25-15-26-44(53)51(43)55)41-23-12-11-21-38(41)34-16-5-3-6-17-34/h3-10,12-20,22-31H,11,21,32,54H2,1-2H3. The normalized spacial score (nSPS) is 16.7. The van der Waals surface area contributed by atoms with Crippen molar-refractivity contribution in [2.75, 3.05) is 10.6 Å². The van der Waals surface area contributed by atoms with Crippen LogP contribution in [0.3, 0.4) is 0 Å². The van der Waals surface area contributed by atoms with Crippen LogP contribution in [0.2, 0.25) is 0 Å². The molecule has 0 bridgehead atoms. The van der Waals surface area contributed by atoms with Crippen LogP contribution in [0.1, 0.15) is 53.1 Å². The number of anilines is 4. The van der Waals surface area contributed by atoms with Crippen molar-refractivity contribution in [1.29, 1.82) is 0 Å². The van der Waals surface area contributed by atoms with E-state index in [1.807, 2.05) is 0 Å². The fraction of sp³-hybridized carbons (Fsp3) is 0.115. The van der Waals surface area contributed by atoms with Crippen molar-refractivity contribution >= 4 is 41.6 Å². The molecule has 0 amide bonds. The minimum Gasteiger partial charge on any atom is -0.398 e. The van der Waals surface area contributed by atoms with Gasteiger partial charge in [-0.3, -0.25) is 0 Å². The van der Waals surface area contributed by atoms with Gasteiger partial charge in [-0.25, -0.2) is 0 Å². The highest BCUT2D eigenvalue weighted by Crippen LogP contribution is 2.59. The largest absolute Gasteiger partial charge is 0.398 e. The van der Waals surface area contributed by atoms with E-state index in [9.17, 15) is 0 Å². The second-order valence-electron chi connectivity index (χ2n) is 15.4. The summed E-state index contributed by atoms with van der Waals surface area (Å²) in [4.78, 5) is 2.45. The number of hydrogen-bond donors (Lipinski definition) is 1. The Hall–Kier alpha value is -6.32. The van der Waals surface area contributed by atoms with E-state index in [-0.39, 0.29) is 0 Å². The molecule has 0 fully saturated rings. The van der Waals surface area contributed by atoms with Crippen molar-refractivity contribution in [2.45, 2.75) is 38.5 Å². The Bertz CT molecular complexity index is 2720. The van der Waals surface area contributed by atoms with E-state index >= 15 is 0 Å². The summed E-state index contributed by atoms with van der Waals surface area (Å²) >= 11 is 0. The molecule has 1 aliphatic heterocycles. The van der Waals surface area contributed by atoms with Crippen molar-refractivity contribution in [1.82, 2.24) is 0 Å². The lowest BCUT2D eigenvalue weighted by Crippen LogP contribution is -2.38. The van der Waals surface area contributed by atoms with Gasteiger partial charge in [-0.05, 0) is 118 Å². The molecule has 0 saturated carbocycles. The number of rotatable bonds is 5. The molecule has 2 nitrogen and oxygen atoms in total. The summed E-state index contributed by atoms with van der Waals surface area (Å²) in [7, 11) is 7.25. The molecule has 262 valence electrons. The Kier molecular flexibility index (Phi) is 7.82. The number of fused-ring (bicyclic) bond motifs is 5. The number of nitrogens with zero attached hydrogens (tertiary/aromatic N) is 1. The summed E-state index contributed by atoms with van der Waals surface area (Å²) in [6, 6.07) is 54.9. The van der Waals surface area contributed by atoms with Crippen LogP contribution in [0.25, 0.3) is 39.0 Å². The Balaban J connectivity index is 1.30. The summed E-state index contributed by atoms with van der Waals surface area (Å²) in [6.45, 7) is 4.61. The lowest BCUT2D eigenvalue weighted by atomic mass is 9.63. The van der Waals surface area contributed by atoms with Gasteiger partial charge in [0.25, 0.3) is 0 Å². The number of allylic oxidation sites excluding steroid dienone is 4. The van der Waals surface area contributed by atoms with E-state index in [4.69, 9.17) is 13.6 Å². The summed E-state index contributed by atoms with van der Waals surface area (Å²) in [5, 5.41) is 0. The van der Waals surface area contributed by atoms with Gasteiger partial charge in [-0.15, -0.1) is 0 Å². The molecule has 0 spiro atoms. The molecule has 3 heteroatoms. The highest BCUT2D eigenvalue weighted by molar-refractivity contribution is 6.37. The Morgan fingerprint density at radius 2 is 1.33 bits per heavy atom. The molecule has 7 aromatic rings. The Morgan fingerprint density at radius 1 is 0.618 bits per heavy atom. The average molecular weight is 705 g/mol. The van der Waals surface area contributed by atoms with Gasteiger partial charge >= 0.3 is 0 Å². The van der Waals surface area contributed by atoms with Crippen molar-refractivity contribution in [3.63, 3.8) is 0 Å². The monoisotopic (exact) mass is 704 g/mol. The zero-order valence-corrected chi connectivity index (χ0v) is 31.3.